The molecule has 0 aliphatic heterocycles. The van der Waals surface area contributed by atoms with Gasteiger partial charge in [0.25, 0.3) is 0 Å². The number of anilines is 1. The maximum absolute atomic E-state index is 5.84. The van der Waals surface area contributed by atoms with Gasteiger partial charge in [-0.2, -0.15) is 0 Å². The molecule has 0 saturated carbocycles. The van der Waals surface area contributed by atoms with Crippen LogP contribution < -0.4 is 10.1 Å². The van der Waals surface area contributed by atoms with Crippen LogP contribution in [-0.2, 0) is 6.54 Å². The van der Waals surface area contributed by atoms with Gasteiger partial charge in [0.1, 0.15) is 10.9 Å². The smallest absolute Gasteiger partial charge is 0.129 e. The predicted octanol–water partition coefficient (Wildman–Crippen LogP) is 4.44. The first-order valence-electron chi connectivity index (χ1n) is 6.67. The topological polar surface area (TPSA) is 34.2 Å². The molecule has 106 valence electrons. The van der Waals surface area contributed by atoms with Crippen molar-refractivity contribution >= 4 is 17.3 Å². The summed E-state index contributed by atoms with van der Waals surface area (Å²) in [5.41, 5.74) is 3.09. The van der Waals surface area contributed by atoms with Gasteiger partial charge in [-0.15, -0.1) is 0 Å². The number of hydrogen-bond acceptors (Lipinski definition) is 3. The van der Waals surface area contributed by atoms with Crippen molar-refractivity contribution in [2.45, 2.75) is 33.4 Å². The third-order valence-corrected chi connectivity index (χ3v) is 3.04. The second-order valence-electron chi connectivity index (χ2n) is 4.93. The fraction of sp³-hybridized carbons (Fsp3) is 0.312. The van der Waals surface area contributed by atoms with E-state index in [-0.39, 0.29) is 6.10 Å². The molecule has 1 N–H and O–H groups in total. The monoisotopic (exact) mass is 290 g/mol. The Morgan fingerprint density at radius 2 is 1.85 bits per heavy atom. The van der Waals surface area contributed by atoms with Gasteiger partial charge in [0.15, 0.2) is 0 Å². The zero-order valence-corrected chi connectivity index (χ0v) is 12.7. The average Bonchev–Trinajstić information content (AvgIpc) is 2.39. The van der Waals surface area contributed by atoms with E-state index in [0.717, 1.165) is 23.7 Å². The normalized spacial score (nSPS) is 10.7. The van der Waals surface area contributed by atoms with E-state index in [4.69, 9.17) is 16.3 Å². The summed E-state index contributed by atoms with van der Waals surface area (Å²) in [5, 5.41) is 3.87. The standard InChI is InChI=1S/C16H19ClN2O/c1-11(2)20-14-6-4-13(5-7-14)10-18-15-8-9-16(17)19-12(15)3/h4-9,11,18H,10H2,1-3H3. The van der Waals surface area contributed by atoms with E-state index in [1.165, 1.54) is 5.56 Å². The van der Waals surface area contributed by atoms with Crippen LogP contribution in [0.15, 0.2) is 36.4 Å². The Balaban J connectivity index is 1.96. The van der Waals surface area contributed by atoms with Crippen LogP contribution in [0.25, 0.3) is 0 Å². The molecule has 0 aliphatic rings. The quantitative estimate of drug-likeness (QED) is 0.827. The molecule has 0 unspecified atom stereocenters. The van der Waals surface area contributed by atoms with Crippen molar-refractivity contribution in [3.8, 4) is 5.75 Å². The number of rotatable bonds is 5. The summed E-state index contributed by atoms with van der Waals surface area (Å²) in [6.45, 7) is 6.72. The highest BCUT2D eigenvalue weighted by atomic mass is 35.5. The van der Waals surface area contributed by atoms with Crippen molar-refractivity contribution in [3.05, 3.63) is 52.8 Å². The van der Waals surface area contributed by atoms with Crippen LogP contribution in [-0.4, -0.2) is 11.1 Å². The highest BCUT2D eigenvalue weighted by Gasteiger charge is 2.01. The zero-order chi connectivity index (χ0) is 14.5. The molecule has 20 heavy (non-hydrogen) atoms. The SMILES string of the molecule is Cc1nc(Cl)ccc1NCc1ccc(OC(C)C)cc1. The van der Waals surface area contributed by atoms with Gasteiger partial charge in [-0.3, -0.25) is 0 Å². The number of hydrogen-bond donors (Lipinski definition) is 1. The van der Waals surface area contributed by atoms with Gasteiger partial charge >= 0.3 is 0 Å². The van der Waals surface area contributed by atoms with Gasteiger partial charge < -0.3 is 10.1 Å². The lowest BCUT2D eigenvalue weighted by Crippen LogP contribution is -2.06. The summed E-state index contributed by atoms with van der Waals surface area (Å²) in [7, 11) is 0. The lowest BCUT2D eigenvalue weighted by Gasteiger charge is -2.11. The maximum atomic E-state index is 5.84. The Morgan fingerprint density at radius 3 is 2.45 bits per heavy atom. The molecule has 0 bridgehead atoms. The minimum absolute atomic E-state index is 0.196. The largest absolute Gasteiger partial charge is 0.491 e. The molecule has 2 rings (SSSR count). The van der Waals surface area contributed by atoms with E-state index in [0.29, 0.717) is 5.15 Å². The van der Waals surface area contributed by atoms with Gasteiger partial charge in [-0.25, -0.2) is 4.98 Å². The maximum Gasteiger partial charge on any atom is 0.129 e. The lowest BCUT2D eigenvalue weighted by molar-refractivity contribution is 0.242. The highest BCUT2D eigenvalue weighted by molar-refractivity contribution is 6.29. The molecule has 4 heteroatoms. The summed E-state index contributed by atoms with van der Waals surface area (Å²) in [6.07, 6.45) is 0.196. The molecule has 2 aromatic rings. The minimum Gasteiger partial charge on any atom is -0.491 e. The number of nitrogens with zero attached hydrogens (tertiary/aromatic N) is 1. The Hall–Kier alpha value is -1.74. The van der Waals surface area contributed by atoms with E-state index in [9.17, 15) is 0 Å². The predicted molar refractivity (Wildman–Crippen MR) is 83.5 cm³/mol. The van der Waals surface area contributed by atoms with Gasteiger partial charge in [0.05, 0.1) is 17.5 Å². The van der Waals surface area contributed by atoms with Crippen LogP contribution in [0.1, 0.15) is 25.1 Å². The number of halogens is 1. The summed E-state index contributed by atoms with van der Waals surface area (Å²) < 4.78 is 5.62. The molecule has 0 amide bonds. The van der Waals surface area contributed by atoms with E-state index < -0.39 is 0 Å². The summed E-state index contributed by atoms with van der Waals surface area (Å²) in [6, 6.07) is 11.8. The molecular formula is C16H19ClN2O. The summed E-state index contributed by atoms with van der Waals surface area (Å²) in [5.74, 6) is 0.896. The summed E-state index contributed by atoms with van der Waals surface area (Å²) in [4.78, 5) is 4.22. The highest BCUT2D eigenvalue weighted by Crippen LogP contribution is 2.18. The van der Waals surface area contributed by atoms with Gasteiger partial charge in [-0.05, 0) is 50.6 Å². The van der Waals surface area contributed by atoms with E-state index in [2.05, 4.69) is 22.4 Å². The fourth-order valence-corrected chi connectivity index (χ4v) is 2.06. The first-order chi connectivity index (χ1) is 9.54. The molecule has 1 aromatic heterocycles. The molecule has 3 nitrogen and oxygen atoms in total. The van der Waals surface area contributed by atoms with Crippen LogP contribution >= 0.6 is 11.6 Å². The molecular weight excluding hydrogens is 272 g/mol. The third kappa shape index (κ3) is 4.14. The molecule has 0 saturated heterocycles. The number of pyridine rings is 1. The first kappa shape index (κ1) is 14.7. The van der Waals surface area contributed by atoms with Crippen LogP contribution in [0.5, 0.6) is 5.75 Å². The Bertz CT molecular complexity index is 567. The number of ether oxygens (including phenoxy) is 1. The van der Waals surface area contributed by atoms with Crippen molar-refractivity contribution < 1.29 is 4.74 Å². The minimum atomic E-state index is 0.196. The van der Waals surface area contributed by atoms with Crippen LogP contribution in [0.3, 0.4) is 0 Å². The van der Waals surface area contributed by atoms with Crippen molar-refractivity contribution in [1.29, 1.82) is 0 Å². The van der Waals surface area contributed by atoms with Crippen molar-refractivity contribution in [3.63, 3.8) is 0 Å². The average molecular weight is 291 g/mol. The van der Waals surface area contributed by atoms with Crippen molar-refractivity contribution in [2.24, 2.45) is 0 Å². The second kappa shape index (κ2) is 6.62. The molecule has 0 aliphatic carbocycles. The Labute approximate surface area is 124 Å². The van der Waals surface area contributed by atoms with Gasteiger partial charge in [0, 0.05) is 6.54 Å². The molecule has 0 atom stereocenters. The molecule has 1 heterocycles. The van der Waals surface area contributed by atoms with E-state index in [1.807, 2.05) is 39.0 Å². The van der Waals surface area contributed by atoms with Crippen molar-refractivity contribution in [2.75, 3.05) is 5.32 Å². The number of nitrogens with one attached hydrogen (secondary N) is 1. The second-order valence-corrected chi connectivity index (χ2v) is 5.32. The fourth-order valence-electron chi connectivity index (χ4n) is 1.87. The van der Waals surface area contributed by atoms with Crippen LogP contribution in [0.2, 0.25) is 5.15 Å². The number of aromatic nitrogens is 1. The summed E-state index contributed by atoms with van der Waals surface area (Å²) >= 11 is 5.84. The van der Waals surface area contributed by atoms with Crippen LogP contribution in [0.4, 0.5) is 5.69 Å². The Morgan fingerprint density at radius 1 is 1.15 bits per heavy atom. The van der Waals surface area contributed by atoms with Gasteiger partial charge in [0.2, 0.25) is 0 Å². The Kier molecular flexibility index (Phi) is 4.85. The zero-order valence-electron chi connectivity index (χ0n) is 12.0. The lowest BCUT2D eigenvalue weighted by atomic mass is 10.2. The van der Waals surface area contributed by atoms with Crippen LogP contribution in [0, 0.1) is 6.92 Å². The third-order valence-electron chi connectivity index (χ3n) is 2.83. The number of benzene rings is 1. The molecule has 0 radical (unpaired) electrons. The molecule has 0 fully saturated rings. The molecule has 0 spiro atoms. The number of aryl methyl sites for hydroxylation is 1. The molecule has 1 aromatic carbocycles. The van der Waals surface area contributed by atoms with Crippen molar-refractivity contribution in [1.82, 2.24) is 4.98 Å². The van der Waals surface area contributed by atoms with E-state index >= 15 is 0 Å². The first-order valence-corrected chi connectivity index (χ1v) is 7.05. The van der Waals surface area contributed by atoms with Gasteiger partial charge in [-0.1, -0.05) is 23.7 Å². The van der Waals surface area contributed by atoms with E-state index in [1.54, 1.807) is 6.07 Å².